The molecule has 0 aliphatic carbocycles. The van der Waals surface area contributed by atoms with Gasteiger partial charge in [0, 0.05) is 38.4 Å². The summed E-state index contributed by atoms with van der Waals surface area (Å²) in [5.74, 6) is -0.0666. The van der Waals surface area contributed by atoms with E-state index in [2.05, 4.69) is 10.3 Å². The third-order valence-corrected chi connectivity index (χ3v) is 3.94. The molecule has 0 radical (unpaired) electrons. The van der Waals surface area contributed by atoms with Gasteiger partial charge in [-0.1, -0.05) is 0 Å². The fourth-order valence-electron chi connectivity index (χ4n) is 2.71. The second-order valence-electron chi connectivity index (χ2n) is 5.97. The predicted molar refractivity (Wildman–Crippen MR) is 93.1 cm³/mol. The molecule has 3 aromatic heterocycles. The van der Waals surface area contributed by atoms with Crippen LogP contribution in [0, 0.1) is 0 Å². The summed E-state index contributed by atoms with van der Waals surface area (Å²) in [5, 5.41) is 2.86. The second-order valence-corrected chi connectivity index (χ2v) is 5.97. The van der Waals surface area contributed by atoms with Gasteiger partial charge in [0.1, 0.15) is 5.52 Å². The summed E-state index contributed by atoms with van der Waals surface area (Å²) in [6, 6.07) is 7.37. The molecule has 3 rings (SSSR count). The molecule has 0 unspecified atom stereocenters. The number of nitrogens with one attached hydrogen (secondary N) is 1. The van der Waals surface area contributed by atoms with Gasteiger partial charge in [-0.25, -0.2) is 4.98 Å². The summed E-state index contributed by atoms with van der Waals surface area (Å²) in [5.41, 5.74) is 1.90. The zero-order valence-electron chi connectivity index (χ0n) is 13.9. The Kier molecular flexibility index (Phi) is 4.61. The average Bonchev–Trinajstić information content (AvgIpc) is 3.04. The first-order chi connectivity index (χ1) is 11.6. The number of amides is 1. The van der Waals surface area contributed by atoms with Crippen molar-refractivity contribution in [1.29, 1.82) is 0 Å². The molecule has 0 aromatic carbocycles. The second kappa shape index (κ2) is 6.84. The van der Waals surface area contributed by atoms with E-state index in [1.807, 2.05) is 47.8 Å². The predicted octanol–water partition coefficient (Wildman–Crippen LogP) is 0.717. The number of carbonyl (C=O) groups excluding carboxylic acids is 1. The normalized spacial score (nSPS) is 11.5. The van der Waals surface area contributed by atoms with E-state index in [4.69, 9.17) is 0 Å². The van der Waals surface area contributed by atoms with Crippen LogP contribution in [-0.2, 0) is 11.3 Å². The van der Waals surface area contributed by atoms with Gasteiger partial charge in [0.2, 0.25) is 5.91 Å². The molecule has 0 fully saturated rings. The Morgan fingerprint density at radius 1 is 1.25 bits per heavy atom. The minimum atomic E-state index is -0.132. The highest BCUT2D eigenvalue weighted by Crippen LogP contribution is 2.13. The van der Waals surface area contributed by atoms with E-state index in [-0.39, 0.29) is 17.9 Å². The Morgan fingerprint density at radius 2 is 2.04 bits per heavy atom. The van der Waals surface area contributed by atoms with Gasteiger partial charge in [-0.3, -0.25) is 14.2 Å². The molecule has 7 nitrogen and oxygen atoms in total. The summed E-state index contributed by atoms with van der Waals surface area (Å²) >= 11 is 0. The standard InChI is InChI=1S/C17H21N5O2/c1-20(2)12-9-18-15(23)7-11-22-16-13(5-3-8-19-16)21-10-4-6-14(21)17(22)24/h3-6,8,10H,7,9,11-12H2,1-2H3,(H,18,23). The topological polar surface area (TPSA) is 71.6 Å². The lowest BCUT2D eigenvalue weighted by atomic mass is 10.3. The van der Waals surface area contributed by atoms with Crippen molar-refractivity contribution in [2.24, 2.45) is 0 Å². The van der Waals surface area contributed by atoms with E-state index in [9.17, 15) is 9.59 Å². The third kappa shape index (κ3) is 3.16. The Labute approximate surface area is 139 Å². The monoisotopic (exact) mass is 327 g/mol. The maximum Gasteiger partial charge on any atom is 0.276 e. The van der Waals surface area contributed by atoms with Crippen LogP contribution in [0.2, 0.25) is 0 Å². The van der Waals surface area contributed by atoms with Crippen LogP contribution in [-0.4, -0.2) is 51.9 Å². The van der Waals surface area contributed by atoms with Gasteiger partial charge in [-0.15, -0.1) is 0 Å². The number of carbonyl (C=O) groups is 1. The van der Waals surface area contributed by atoms with Gasteiger partial charge in [0.15, 0.2) is 5.65 Å². The van der Waals surface area contributed by atoms with Gasteiger partial charge in [-0.2, -0.15) is 0 Å². The maximum absolute atomic E-state index is 12.7. The van der Waals surface area contributed by atoms with Gasteiger partial charge >= 0.3 is 0 Å². The molecule has 0 aliphatic heterocycles. The molecule has 3 aromatic rings. The van der Waals surface area contributed by atoms with Crippen molar-refractivity contribution in [3.63, 3.8) is 0 Å². The van der Waals surface area contributed by atoms with E-state index in [1.54, 1.807) is 16.8 Å². The van der Waals surface area contributed by atoms with Gasteiger partial charge in [0.05, 0.1) is 5.52 Å². The third-order valence-electron chi connectivity index (χ3n) is 3.94. The lowest BCUT2D eigenvalue weighted by Crippen LogP contribution is -2.33. The molecular formula is C17H21N5O2. The number of likely N-dealkylation sites (N-methyl/N-ethyl adjacent to an activating group) is 1. The fraction of sp³-hybridized carbons (Fsp3) is 0.353. The van der Waals surface area contributed by atoms with Gasteiger partial charge < -0.3 is 14.6 Å². The van der Waals surface area contributed by atoms with Crippen LogP contribution in [0.4, 0.5) is 0 Å². The van der Waals surface area contributed by atoms with Crippen molar-refractivity contribution >= 4 is 22.6 Å². The first kappa shape index (κ1) is 16.2. The molecule has 0 spiro atoms. The number of aryl methyl sites for hydroxylation is 1. The van der Waals surface area contributed by atoms with Crippen molar-refractivity contribution in [2.75, 3.05) is 27.2 Å². The molecule has 1 amide bonds. The minimum absolute atomic E-state index is 0.0666. The number of nitrogens with zero attached hydrogens (tertiary/aromatic N) is 4. The molecule has 0 saturated carbocycles. The first-order valence-corrected chi connectivity index (χ1v) is 7.94. The molecule has 0 saturated heterocycles. The smallest absolute Gasteiger partial charge is 0.276 e. The summed E-state index contributed by atoms with van der Waals surface area (Å²) in [6.45, 7) is 1.69. The summed E-state index contributed by atoms with van der Waals surface area (Å²) < 4.78 is 3.41. The highest BCUT2D eigenvalue weighted by Gasteiger charge is 2.12. The van der Waals surface area contributed by atoms with Crippen LogP contribution < -0.4 is 10.9 Å². The van der Waals surface area contributed by atoms with Gasteiger partial charge in [0.25, 0.3) is 5.56 Å². The largest absolute Gasteiger partial charge is 0.355 e. The Bertz CT molecular complexity index is 926. The SMILES string of the molecule is CN(C)CCNC(=O)CCn1c(=O)c2cccn2c2cccnc21. The molecule has 7 heteroatoms. The highest BCUT2D eigenvalue weighted by molar-refractivity contribution is 5.77. The van der Waals surface area contributed by atoms with E-state index < -0.39 is 0 Å². The molecule has 0 aliphatic rings. The molecule has 1 N–H and O–H groups in total. The van der Waals surface area contributed by atoms with Crippen LogP contribution in [0.3, 0.4) is 0 Å². The van der Waals surface area contributed by atoms with E-state index >= 15 is 0 Å². The van der Waals surface area contributed by atoms with Crippen LogP contribution in [0.5, 0.6) is 0 Å². The zero-order valence-corrected chi connectivity index (χ0v) is 13.9. The van der Waals surface area contributed by atoms with E-state index in [1.165, 1.54) is 0 Å². The van der Waals surface area contributed by atoms with Crippen LogP contribution in [0.15, 0.2) is 41.5 Å². The number of pyridine rings is 1. The molecule has 126 valence electrons. The Balaban J connectivity index is 1.84. The van der Waals surface area contributed by atoms with Crippen LogP contribution in [0.1, 0.15) is 6.42 Å². The van der Waals surface area contributed by atoms with Crippen molar-refractivity contribution in [2.45, 2.75) is 13.0 Å². The Hall–Kier alpha value is -2.67. The van der Waals surface area contributed by atoms with E-state index in [0.717, 1.165) is 12.1 Å². The maximum atomic E-state index is 12.7. The number of hydrogen-bond acceptors (Lipinski definition) is 4. The Morgan fingerprint density at radius 3 is 2.83 bits per heavy atom. The summed E-state index contributed by atoms with van der Waals surface area (Å²) in [4.78, 5) is 31.0. The van der Waals surface area contributed by atoms with Crippen molar-refractivity contribution in [3.05, 3.63) is 47.0 Å². The summed E-state index contributed by atoms with van der Waals surface area (Å²) in [6.07, 6.45) is 3.75. The van der Waals surface area contributed by atoms with Crippen molar-refractivity contribution in [1.82, 2.24) is 24.2 Å². The number of aromatic nitrogens is 3. The summed E-state index contributed by atoms with van der Waals surface area (Å²) in [7, 11) is 3.91. The quantitative estimate of drug-likeness (QED) is 0.724. The molecular weight excluding hydrogens is 306 g/mol. The van der Waals surface area contributed by atoms with Crippen LogP contribution >= 0.6 is 0 Å². The molecule has 0 atom stereocenters. The number of hydrogen-bond donors (Lipinski definition) is 1. The average molecular weight is 327 g/mol. The lowest BCUT2D eigenvalue weighted by molar-refractivity contribution is -0.121. The van der Waals surface area contributed by atoms with Crippen LogP contribution in [0.25, 0.3) is 16.7 Å². The van der Waals surface area contributed by atoms with Crippen molar-refractivity contribution in [3.8, 4) is 0 Å². The highest BCUT2D eigenvalue weighted by atomic mass is 16.2. The van der Waals surface area contributed by atoms with Crippen molar-refractivity contribution < 1.29 is 4.79 Å². The zero-order chi connectivity index (χ0) is 17.1. The first-order valence-electron chi connectivity index (χ1n) is 7.94. The number of rotatable bonds is 6. The van der Waals surface area contributed by atoms with E-state index in [0.29, 0.717) is 24.3 Å². The minimum Gasteiger partial charge on any atom is -0.355 e. The lowest BCUT2D eigenvalue weighted by Gasteiger charge is -2.12. The van der Waals surface area contributed by atoms with Gasteiger partial charge in [-0.05, 0) is 38.4 Å². The molecule has 0 bridgehead atoms. The molecule has 3 heterocycles. The molecule has 24 heavy (non-hydrogen) atoms. The number of fused-ring (bicyclic) bond motifs is 3. The fourth-order valence-corrected chi connectivity index (χ4v) is 2.71.